The molecule has 0 aromatic heterocycles. The third-order valence-corrected chi connectivity index (χ3v) is 4.50. The second-order valence-electron chi connectivity index (χ2n) is 6.61. The van der Waals surface area contributed by atoms with Crippen LogP contribution in [0, 0.1) is 17.8 Å². The third-order valence-electron chi connectivity index (χ3n) is 4.50. The largest absolute Gasteiger partial charge is 0.446 e. The number of rotatable bonds is 4. The van der Waals surface area contributed by atoms with Gasteiger partial charge in [0.2, 0.25) is 0 Å². The second kappa shape index (κ2) is 7.48. The molecule has 3 heteroatoms. The van der Waals surface area contributed by atoms with Crippen LogP contribution in [0.4, 0.5) is 4.79 Å². The molecule has 21 heavy (non-hydrogen) atoms. The van der Waals surface area contributed by atoms with E-state index in [1.54, 1.807) is 0 Å². The van der Waals surface area contributed by atoms with Crippen LogP contribution >= 0.6 is 0 Å². The van der Waals surface area contributed by atoms with Gasteiger partial charge in [0.1, 0.15) is 6.10 Å². The van der Waals surface area contributed by atoms with Crippen LogP contribution in [0.15, 0.2) is 30.3 Å². The van der Waals surface area contributed by atoms with Crippen LogP contribution < -0.4 is 5.32 Å². The van der Waals surface area contributed by atoms with Crippen molar-refractivity contribution in [1.29, 1.82) is 0 Å². The Morgan fingerprint density at radius 2 is 2.00 bits per heavy atom. The Bertz CT molecular complexity index is 444. The molecule has 0 bridgehead atoms. The molecule has 2 rings (SSSR count). The van der Waals surface area contributed by atoms with Crippen molar-refractivity contribution in [3.8, 4) is 0 Å². The fourth-order valence-corrected chi connectivity index (χ4v) is 3.20. The Balaban J connectivity index is 1.85. The molecule has 1 aromatic rings. The molecule has 3 atom stereocenters. The first-order valence-corrected chi connectivity index (χ1v) is 8.04. The summed E-state index contributed by atoms with van der Waals surface area (Å²) >= 11 is 0. The molecular formula is C18H27NO2. The van der Waals surface area contributed by atoms with E-state index in [1.807, 2.05) is 30.3 Å². The van der Waals surface area contributed by atoms with Crippen molar-refractivity contribution in [2.24, 2.45) is 17.8 Å². The van der Waals surface area contributed by atoms with E-state index >= 15 is 0 Å². The van der Waals surface area contributed by atoms with Gasteiger partial charge in [0, 0.05) is 6.54 Å². The third kappa shape index (κ3) is 4.76. The molecule has 0 saturated heterocycles. The fraction of sp³-hybridized carbons (Fsp3) is 0.611. The number of carbonyl (C=O) groups excluding carboxylic acids is 1. The van der Waals surface area contributed by atoms with Gasteiger partial charge >= 0.3 is 6.09 Å². The number of carbonyl (C=O) groups is 1. The van der Waals surface area contributed by atoms with Crippen molar-refractivity contribution in [3.63, 3.8) is 0 Å². The number of nitrogens with one attached hydrogen (secondary N) is 1. The van der Waals surface area contributed by atoms with Gasteiger partial charge in [-0.1, -0.05) is 57.5 Å². The number of ether oxygens (including phenoxy) is 1. The summed E-state index contributed by atoms with van der Waals surface area (Å²) in [6.07, 6.45) is 3.17. The number of benzene rings is 1. The maximum atomic E-state index is 12.0. The molecule has 1 aromatic carbocycles. The molecule has 1 saturated carbocycles. The Kier molecular flexibility index (Phi) is 5.66. The molecule has 1 aliphatic rings. The summed E-state index contributed by atoms with van der Waals surface area (Å²) in [5.41, 5.74) is 1.09. The molecule has 1 N–H and O–H groups in total. The highest BCUT2D eigenvalue weighted by Crippen LogP contribution is 2.35. The lowest BCUT2D eigenvalue weighted by Crippen LogP contribution is -2.38. The molecule has 1 fully saturated rings. The minimum absolute atomic E-state index is 0.0597. The Hall–Kier alpha value is -1.51. The zero-order valence-electron chi connectivity index (χ0n) is 13.3. The van der Waals surface area contributed by atoms with Crippen molar-refractivity contribution in [2.75, 3.05) is 0 Å². The first-order chi connectivity index (χ1) is 10.1. The Morgan fingerprint density at radius 3 is 2.67 bits per heavy atom. The number of amides is 1. The smallest absolute Gasteiger partial charge is 0.407 e. The van der Waals surface area contributed by atoms with E-state index in [2.05, 4.69) is 26.1 Å². The summed E-state index contributed by atoms with van der Waals surface area (Å²) in [5, 5.41) is 2.86. The van der Waals surface area contributed by atoms with Gasteiger partial charge in [-0.05, 0) is 36.2 Å². The summed E-state index contributed by atoms with van der Waals surface area (Å²) < 4.78 is 5.71. The number of alkyl carbamates (subject to hydrolysis) is 1. The van der Waals surface area contributed by atoms with Crippen LogP contribution in [0.3, 0.4) is 0 Å². The van der Waals surface area contributed by atoms with Crippen molar-refractivity contribution in [3.05, 3.63) is 35.9 Å². The molecular weight excluding hydrogens is 262 g/mol. The predicted molar refractivity (Wildman–Crippen MR) is 84.9 cm³/mol. The SMILES string of the molecule is CC(C)[C@@H]1CC[C@@H](C)C[C@H]1OC(=O)NCc1ccccc1. The lowest BCUT2D eigenvalue weighted by Gasteiger charge is -2.36. The average Bonchev–Trinajstić information content (AvgIpc) is 2.46. The first-order valence-electron chi connectivity index (χ1n) is 8.04. The second-order valence-corrected chi connectivity index (χ2v) is 6.61. The average molecular weight is 289 g/mol. The van der Waals surface area contributed by atoms with E-state index in [9.17, 15) is 4.79 Å². The van der Waals surface area contributed by atoms with E-state index in [-0.39, 0.29) is 12.2 Å². The van der Waals surface area contributed by atoms with E-state index in [0.29, 0.717) is 24.3 Å². The van der Waals surface area contributed by atoms with Crippen molar-refractivity contribution in [1.82, 2.24) is 5.32 Å². The van der Waals surface area contributed by atoms with Crippen molar-refractivity contribution < 1.29 is 9.53 Å². The Morgan fingerprint density at radius 1 is 1.29 bits per heavy atom. The van der Waals surface area contributed by atoms with Crippen LogP contribution in [-0.2, 0) is 11.3 Å². The molecule has 3 nitrogen and oxygen atoms in total. The molecule has 0 radical (unpaired) electrons. The molecule has 0 aliphatic heterocycles. The van der Waals surface area contributed by atoms with Crippen molar-refractivity contribution in [2.45, 2.75) is 52.7 Å². The lowest BCUT2D eigenvalue weighted by molar-refractivity contribution is 0.00601. The minimum atomic E-state index is -0.288. The number of hydrogen-bond acceptors (Lipinski definition) is 2. The van der Waals surface area contributed by atoms with E-state index in [0.717, 1.165) is 18.4 Å². The van der Waals surface area contributed by atoms with Crippen molar-refractivity contribution >= 4 is 6.09 Å². The highest BCUT2D eigenvalue weighted by Gasteiger charge is 2.33. The summed E-state index contributed by atoms with van der Waals surface area (Å²) in [7, 11) is 0. The fourth-order valence-electron chi connectivity index (χ4n) is 3.20. The predicted octanol–water partition coefficient (Wildman–Crippen LogP) is 4.37. The van der Waals surface area contributed by atoms with E-state index < -0.39 is 0 Å². The lowest BCUT2D eigenvalue weighted by atomic mass is 9.75. The summed E-state index contributed by atoms with van der Waals surface area (Å²) in [6, 6.07) is 9.91. The molecule has 1 amide bonds. The van der Waals surface area contributed by atoms with Crippen LogP contribution in [0.2, 0.25) is 0 Å². The van der Waals surface area contributed by atoms with Crippen LogP contribution in [0.5, 0.6) is 0 Å². The maximum Gasteiger partial charge on any atom is 0.407 e. The zero-order valence-corrected chi connectivity index (χ0v) is 13.3. The summed E-state index contributed by atoms with van der Waals surface area (Å²) in [6.45, 7) is 7.21. The molecule has 1 aliphatic carbocycles. The van der Waals surface area contributed by atoms with Crippen LogP contribution in [0.25, 0.3) is 0 Å². The monoisotopic (exact) mass is 289 g/mol. The standard InChI is InChI=1S/C18H27NO2/c1-13(2)16-10-9-14(3)11-17(16)21-18(20)19-12-15-7-5-4-6-8-15/h4-8,13-14,16-17H,9-12H2,1-3H3,(H,19,20)/t14-,16+,17-/m1/s1. The van der Waals surface area contributed by atoms with Crippen LogP contribution in [-0.4, -0.2) is 12.2 Å². The summed E-state index contributed by atoms with van der Waals surface area (Å²) in [4.78, 5) is 12.0. The molecule has 0 heterocycles. The van der Waals surface area contributed by atoms with Gasteiger partial charge in [0.15, 0.2) is 0 Å². The van der Waals surface area contributed by atoms with Crippen LogP contribution in [0.1, 0.15) is 45.6 Å². The summed E-state index contributed by atoms with van der Waals surface area (Å²) in [5.74, 6) is 1.69. The van der Waals surface area contributed by atoms with E-state index in [1.165, 1.54) is 6.42 Å². The molecule has 0 spiro atoms. The van der Waals surface area contributed by atoms with Gasteiger partial charge in [0.05, 0.1) is 0 Å². The zero-order chi connectivity index (χ0) is 15.2. The van der Waals surface area contributed by atoms with Gasteiger partial charge in [-0.2, -0.15) is 0 Å². The highest BCUT2D eigenvalue weighted by atomic mass is 16.6. The highest BCUT2D eigenvalue weighted by molar-refractivity contribution is 5.67. The van der Waals surface area contributed by atoms with E-state index in [4.69, 9.17) is 4.74 Å². The minimum Gasteiger partial charge on any atom is -0.446 e. The maximum absolute atomic E-state index is 12.0. The topological polar surface area (TPSA) is 38.3 Å². The van der Waals surface area contributed by atoms with Gasteiger partial charge in [-0.3, -0.25) is 0 Å². The van der Waals surface area contributed by atoms with Gasteiger partial charge in [0.25, 0.3) is 0 Å². The Labute approximate surface area is 128 Å². The van der Waals surface area contributed by atoms with Gasteiger partial charge < -0.3 is 10.1 Å². The van der Waals surface area contributed by atoms with Gasteiger partial charge in [-0.15, -0.1) is 0 Å². The quantitative estimate of drug-likeness (QED) is 0.893. The first kappa shape index (κ1) is 15.9. The normalized spacial score (nSPS) is 25.6. The molecule has 0 unspecified atom stereocenters. The number of hydrogen-bond donors (Lipinski definition) is 1. The molecule has 116 valence electrons. The van der Waals surface area contributed by atoms with Gasteiger partial charge in [-0.25, -0.2) is 4.79 Å².